The molecule has 5 heteroatoms. The summed E-state index contributed by atoms with van der Waals surface area (Å²) < 4.78 is 25.9. The minimum Gasteiger partial charge on any atom is -0.346 e. The third-order valence-corrected chi connectivity index (χ3v) is 6.14. The molecule has 4 nitrogen and oxygen atoms in total. The van der Waals surface area contributed by atoms with Gasteiger partial charge in [-0.25, -0.2) is 8.42 Å². The van der Waals surface area contributed by atoms with Gasteiger partial charge < -0.3 is 4.57 Å². The molecule has 0 N–H and O–H groups in total. The highest BCUT2D eigenvalue weighted by Crippen LogP contribution is 2.21. The summed E-state index contributed by atoms with van der Waals surface area (Å²) in [6, 6.07) is 10.5. The van der Waals surface area contributed by atoms with E-state index in [9.17, 15) is 8.42 Å². The van der Waals surface area contributed by atoms with Gasteiger partial charge in [-0.05, 0) is 23.4 Å². The van der Waals surface area contributed by atoms with Crippen molar-refractivity contribution in [2.75, 3.05) is 24.6 Å². The van der Waals surface area contributed by atoms with Crippen molar-refractivity contribution < 1.29 is 8.42 Å². The van der Waals surface area contributed by atoms with Crippen molar-refractivity contribution in [3.05, 3.63) is 36.0 Å². The van der Waals surface area contributed by atoms with Crippen molar-refractivity contribution in [2.24, 2.45) is 13.0 Å². The topological polar surface area (TPSA) is 42.3 Å². The maximum absolute atomic E-state index is 11.9. The first-order chi connectivity index (χ1) is 9.94. The maximum Gasteiger partial charge on any atom is 0.151 e. The van der Waals surface area contributed by atoms with Crippen LogP contribution in [-0.4, -0.2) is 42.5 Å². The van der Waals surface area contributed by atoms with E-state index in [-0.39, 0.29) is 11.7 Å². The average Bonchev–Trinajstić information content (AvgIpc) is 2.65. The number of hydrogen-bond acceptors (Lipinski definition) is 3. The zero-order chi connectivity index (χ0) is 15.0. The summed E-state index contributed by atoms with van der Waals surface area (Å²) in [5, 5.41) is 1.24. The van der Waals surface area contributed by atoms with Crippen LogP contribution in [0.2, 0.25) is 0 Å². The number of benzene rings is 1. The highest BCUT2D eigenvalue weighted by Gasteiger charge is 2.24. The van der Waals surface area contributed by atoms with E-state index >= 15 is 0 Å². The Bertz CT molecular complexity index is 749. The molecule has 2 aromatic rings. The summed E-state index contributed by atoms with van der Waals surface area (Å²) in [7, 11) is -0.798. The fraction of sp³-hybridized carbons (Fsp3) is 0.500. The molecule has 1 fully saturated rings. The van der Waals surface area contributed by atoms with Crippen LogP contribution < -0.4 is 0 Å². The van der Waals surface area contributed by atoms with E-state index in [1.165, 1.54) is 16.6 Å². The number of aryl methyl sites for hydroxylation is 1. The molecule has 1 aromatic carbocycles. The molecule has 0 unspecified atom stereocenters. The summed E-state index contributed by atoms with van der Waals surface area (Å²) in [6.07, 6.45) is 0. The van der Waals surface area contributed by atoms with E-state index in [1.807, 2.05) is 19.1 Å². The number of hydrogen-bond donors (Lipinski definition) is 0. The van der Waals surface area contributed by atoms with Gasteiger partial charge in [0.25, 0.3) is 0 Å². The second kappa shape index (κ2) is 5.46. The van der Waals surface area contributed by atoms with E-state index < -0.39 is 9.84 Å². The van der Waals surface area contributed by atoms with Gasteiger partial charge >= 0.3 is 0 Å². The molecule has 1 saturated heterocycles. The summed E-state index contributed by atoms with van der Waals surface area (Å²) in [5.74, 6) is 0.798. The van der Waals surface area contributed by atoms with Gasteiger partial charge in [-0.15, -0.1) is 0 Å². The Hall–Kier alpha value is -1.33. The molecule has 0 amide bonds. The van der Waals surface area contributed by atoms with Crippen molar-refractivity contribution in [1.29, 1.82) is 0 Å². The molecule has 0 aliphatic carbocycles. The van der Waals surface area contributed by atoms with Crippen LogP contribution in [0.4, 0.5) is 0 Å². The highest BCUT2D eigenvalue weighted by atomic mass is 32.2. The van der Waals surface area contributed by atoms with Gasteiger partial charge in [-0.2, -0.15) is 0 Å². The standard InChI is InChI=1S/C16H22N2O2S/c1-13-10-18(7-8-21(19,20)12-13)11-15-9-14-5-3-4-6-16(14)17(15)2/h3-6,9,13H,7-8,10-12H2,1-2H3/t13-/m1/s1. The molecular formula is C16H22N2O2S. The molecule has 1 aliphatic rings. The lowest BCUT2D eigenvalue weighted by molar-refractivity contribution is 0.252. The molecule has 2 heterocycles. The van der Waals surface area contributed by atoms with Gasteiger partial charge in [0.15, 0.2) is 9.84 Å². The Morgan fingerprint density at radius 3 is 2.81 bits per heavy atom. The average molecular weight is 306 g/mol. The number of aromatic nitrogens is 1. The van der Waals surface area contributed by atoms with Gasteiger partial charge in [-0.1, -0.05) is 25.1 Å². The van der Waals surface area contributed by atoms with Crippen LogP contribution >= 0.6 is 0 Å². The van der Waals surface area contributed by atoms with E-state index in [4.69, 9.17) is 0 Å². The predicted octanol–water partition coefficient (Wildman–Crippen LogP) is 2.04. The van der Waals surface area contributed by atoms with Crippen LogP contribution in [-0.2, 0) is 23.4 Å². The first-order valence-electron chi connectivity index (χ1n) is 7.41. The summed E-state index contributed by atoms with van der Waals surface area (Å²) in [4.78, 5) is 2.27. The Labute approximate surface area is 126 Å². The van der Waals surface area contributed by atoms with Crippen LogP contribution in [0.25, 0.3) is 10.9 Å². The molecule has 0 saturated carbocycles. The van der Waals surface area contributed by atoms with Crippen molar-refractivity contribution >= 4 is 20.7 Å². The SMILES string of the molecule is C[C@@H]1CN(Cc2cc3ccccc3n2C)CCS(=O)(=O)C1. The molecule has 0 spiro atoms. The predicted molar refractivity (Wildman–Crippen MR) is 86.0 cm³/mol. The third kappa shape index (κ3) is 3.14. The van der Waals surface area contributed by atoms with Gasteiger partial charge in [0, 0.05) is 37.9 Å². The van der Waals surface area contributed by atoms with Gasteiger partial charge in [0.1, 0.15) is 0 Å². The molecule has 3 rings (SSSR count). The Balaban J connectivity index is 1.83. The van der Waals surface area contributed by atoms with E-state index in [2.05, 4.69) is 34.7 Å². The Kier molecular flexibility index (Phi) is 3.80. The molecule has 0 radical (unpaired) electrons. The second-order valence-corrected chi connectivity index (χ2v) is 8.44. The number of fused-ring (bicyclic) bond motifs is 1. The van der Waals surface area contributed by atoms with E-state index in [1.54, 1.807) is 0 Å². The Morgan fingerprint density at radius 2 is 2.05 bits per heavy atom. The largest absolute Gasteiger partial charge is 0.346 e. The quantitative estimate of drug-likeness (QED) is 0.853. The zero-order valence-corrected chi connectivity index (χ0v) is 13.4. The third-order valence-electron chi connectivity index (χ3n) is 4.26. The van der Waals surface area contributed by atoms with Crippen molar-refractivity contribution in [3.63, 3.8) is 0 Å². The second-order valence-electron chi connectivity index (χ2n) is 6.21. The fourth-order valence-corrected chi connectivity index (χ4v) is 4.92. The number of sulfone groups is 1. The number of para-hydroxylation sites is 1. The van der Waals surface area contributed by atoms with Crippen LogP contribution in [0.3, 0.4) is 0 Å². The number of rotatable bonds is 2. The molecule has 1 aliphatic heterocycles. The van der Waals surface area contributed by atoms with Crippen molar-refractivity contribution in [2.45, 2.75) is 13.5 Å². The normalized spacial score (nSPS) is 23.2. The summed E-state index contributed by atoms with van der Waals surface area (Å²) in [5.41, 5.74) is 2.46. The summed E-state index contributed by atoms with van der Waals surface area (Å²) >= 11 is 0. The van der Waals surface area contributed by atoms with Crippen molar-refractivity contribution in [3.8, 4) is 0 Å². The fourth-order valence-electron chi connectivity index (χ4n) is 3.24. The maximum atomic E-state index is 11.9. The van der Waals surface area contributed by atoms with Gasteiger partial charge in [-0.3, -0.25) is 4.90 Å². The zero-order valence-electron chi connectivity index (χ0n) is 12.6. The molecule has 21 heavy (non-hydrogen) atoms. The van der Waals surface area contributed by atoms with E-state index in [0.29, 0.717) is 12.3 Å². The van der Waals surface area contributed by atoms with Gasteiger partial charge in [0.05, 0.1) is 11.5 Å². The number of nitrogens with zero attached hydrogens (tertiary/aromatic N) is 2. The molecule has 1 aromatic heterocycles. The van der Waals surface area contributed by atoms with Crippen LogP contribution in [0.15, 0.2) is 30.3 Å². The summed E-state index contributed by atoms with van der Waals surface area (Å²) in [6.45, 7) is 4.32. The molecular weight excluding hydrogens is 284 g/mol. The molecule has 0 bridgehead atoms. The van der Waals surface area contributed by atoms with Crippen LogP contribution in [0.1, 0.15) is 12.6 Å². The van der Waals surface area contributed by atoms with E-state index in [0.717, 1.165) is 13.1 Å². The Morgan fingerprint density at radius 1 is 1.29 bits per heavy atom. The first kappa shape index (κ1) is 14.6. The lowest BCUT2D eigenvalue weighted by Gasteiger charge is -2.21. The van der Waals surface area contributed by atoms with Crippen LogP contribution in [0, 0.1) is 5.92 Å². The van der Waals surface area contributed by atoms with Crippen LogP contribution in [0.5, 0.6) is 0 Å². The molecule has 1 atom stereocenters. The van der Waals surface area contributed by atoms with Gasteiger partial charge in [0.2, 0.25) is 0 Å². The smallest absolute Gasteiger partial charge is 0.151 e. The lowest BCUT2D eigenvalue weighted by Crippen LogP contribution is -2.29. The van der Waals surface area contributed by atoms with Crippen molar-refractivity contribution in [1.82, 2.24) is 9.47 Å². The minimum atomic E-state index is -2.88. The first-order valence-corrected chi connectivity index (χ1v) is 9.23. The minimum absolute atomic E-state index is 0.201. The monoisotopic (exact) mass is 306 g/mol. The highest BCUT2D eigenvalue weighted by molar-refractivity contribution is 7.91. The molecule has 114 valence electrons. The lowest BCUT2D eigenvalue weighted by atomic mass is 10.2.